The largest absolute Gasteiger partial charge is 0.489 e. The normalized spacial score (nSPS) is 12.6. The van der Waals surface area contributed by atoms with Crippen molar-refractivity contribution in [3.05, 3.63) is 56.5 Å². The second-order valence-electron chi connectivity index (χ2n) is 5.73. The molecule has 1 heterocycles. The Morgan fingerprint density at radius 2 is 1.86 bits per heavy atom. The van der Waals surface area contributed by atoms with E-state index in [9.17, 15) is 19.7 Å². The summed E-state index contributed by atoms with van der Waals surface area (Å²) in [6.07, 6.45) is 0.634. The van der Waals surface area contributed by atoms with E-state index in [0.717, 1.165) is 0 Å². The number of anilines is 1. The Morgan fingerprint density at radius 3 is 2.54 bits per heavy atom. The summed E-state index contributed by atoms with van der Waals surface area (Å²) in [7, 11) is 0. The maximum atomic E-state index is 12.1. The predicted octanol–water partition coefficient (Wildman–Crippen LogP) is 3.31. The average Bonchev–Trinajstić information content (AvgIpc) is 2.90. The molecule has 146 valence electrons. The number of carbonyl (C=O) groups is 2. The van der Waals surface area contributed by atoms with Gasteiger partial charge >= 0.3 is 5.97 Å². The van der Waals surface area contributed by atoms with E-state index in [1.54, 1.807) is 24.3 Å². The third-order valence-electron chi connectivity index (χ3n) is 3.76. The number of benzene rings is 2. The Kier molecular flexibility index (Phi) is 6.09. The first-order valence-electron chi connectivity index (χ1n) is 8.25. The van der Waals surface area contributed by atoms with E-state index in [1.165, 1.54) is 12.1 Å². The number of ether oxygens (including phenoxy) is 3. The van der Waals surface area contributed by atoms with Gasteiger partial charge < -0.3 is 19.5 Å². The summed E-state index contributed by atoms with van der Waals surface area (Å²) in [6.45, 7) is 0.161. The lowest BCUT2D eigenvalue weighted by molar-refractivity contribution is -0.384. The van der Waals surface area contributed by atoms with E-state index < -0.39 is 23.4 Å². The molecule has 28 heavy (non-hydrogen) atoms. The summed E-state index contributed by atoms with van der Waals surface area (Å²) in [4.78, 5) is 34.9. The third-order valence-corrected chi connectivity index (χ3v) is 4.46. The van der Waals surface area contributed by atoms with E-state index in [4.69, 9.17) is 14.2 Å². The highest BCUT2D eigenvalue weighted by Gasteiger charge is 2.23. The second kappa shape index (κ2) is 8.70. The molecular weight excluding hydrogens is 436 g/mol. The van der Waals surface area contributed by atoms with E-state index in [2.05, 4.69) is 21.2 Å². The maximum absolute atomic E-state index is 12.1. The van der Waals surface area contributed by atoms with Gasteiger partial charge in [-0.2, -0.15) is 0 Å². The monoisotopic (exact) mass is 450 g/mol. The van der Waals surface area contributed by atoms with Crippen LogP contribution in [0.4, 0.5) is 11.4 Å². The molecule has 0 fully saturated rings. The van der Waals surface area contributed by atoms with Crippen molar-refractivity contribution < 1.29 is 28.7 Å². The number of carbonyl (C=O) groups excluding carboxylic acids is 2. The van der Waals surface area contributed by atoms with Crippen molar-refractivity contribution in [2.75, 3.05) is 25.1 Å². The number of fused-ring (bicyclic) bond motifs is 1. The highest BCUT2D eigenvalue weighted by Crippen LogP contribution is 2.39. The maximum Gasteiger partial charge on any atom is 0.339 e. The molecule has 1 amide bonds. The van der Waals surface area contributed by atoms with Crippen molar-refractivity contribution in [1.82, 2.24) is 0 Å². The molecule has 0 saturated carbocycles. The van der Waals surface area contributed by atoms with Crippen LogP contribution in [-0.2, 0) is 9.53 Å². The van der Waals surface area contributed by atoms with Gasteiger partial charge in [0.05, 0.1) is 29.8 Å². The Balaban J connectivity index is 1.71. The molecule has 1 aliphatic heterocycles. The lowest BCUT2D eigenvalue weighted by atomic mass is 10.2. The van der Waals surface area contributed by atoms with Gasteiger partial charge in [0, 0.05) is 17.0 Å². The second-order valence-corrected chi connectivity index (χ2v) is 6.58. The standard InChI is InChI=1S/C18H15BrN2O7/c19-12-5-2-1-4-11(12)18(23)28-10-17(22)20-13-8-15-16(9-14(13)21(24)25)27-7-3-6-26-15/h1-2,4-5,8-9H,3,6-7,10H2,(H,20,22). The van der Waals surface area contributed by atoms with Gasteiger partial charge in [-0.25, -0.2) is 4.79 Å². The first kappa shape index (κ1) is 19.6. The Bertz CT molecular complexity index is 932. The summed E-state index contributed by atoms with van der Waals surface area (Å²) >= 11 is 3.22. The van der Waals surface area contributed by atoms with Crippen LogP contribution in [-0.4, -0.2) is 36.6 Å². The SMILES string of the molecule is O=C(COC(=O)c1ccccc1Br)Nc1cc2c(cc1[N+](=O)[O-])OCCCO2. The van der Waals surface area contributed by atoms with Crippen LogP contribution in [0.3, 0.4) is 0 Å². The minimum atomic E-state index is -0.724. The number of amides is 1. The number of esters is 1. The molecule has 2 aromatic rings. The molecule has 0 bridgehead atoms. The molecule has 0 aromatic heterocycles. The van der Waals surface area contributed by atoms with Crippen LogP contribution >= 0.6 is 15.9 Å². The summed E-state index contributed by atoms with van der Waals surface area (Å²) in [6, 6.07) is 9.12. The van der Waals surface area contributed by atoms with Gasteiger partial charge in [-0.1, -0.05) is 12.1 Å². The van der Waals surface area contributed by atoms with Crippen LogP contribution in [0.1, 0.15) is 16.8 Å². The van der Waals surface area contributed by atoms with E-state index >= 15 is 0 Å². The molecule has 1 aliphatic rings. The van der Waals surface area contributed by atoms with Crippen molar-refractivity contribution in [2.24, 2.45) is 0 Å². The molecule has 0 saturated heterocycles. The topological polar surface area (TPSA) is 117 Å². The molecular formula is C18H15BrN2O7. The zero-order valence-electron chi connectivity index (χ0n) is 14.5. The fraction of sp³-hybridized carbons (Fsp3) is 0.222. The number of nitro groups is 1. The van der Waals surface area contributed by atoms with Gasteiger partial charge in [-0.05, 0) is 28.1 Å². The minimum Gasteiger partial charge on any atom is -0.489 e. The third kappa shape index (κ3) is 4.58. The summed E-state index contributed by atoms with van der Waals surface area (Å²) in [5.74, 6) is -0.889. The van der Waals surface area contributed by atoms with Crippen molar-refractivity contribution in [2.45, 2.75) is 6.42 Å². The molecule has 1 N–H and O–H groups in total. The summed E-state index contributed by atoms with van der Waals surface area (Å²) < 4.78 is 16.4. The fourth-order valence-electron chi connectivity index (χ4n) is 2.47. The number of hydrogen-bond acceptors (Lipinski definition) is 7. The van der Waals surface area contributed by atoms with Crippen LogP contribution in [0, 0.1) is 10.1 Å². The van der Waals surface area contributed by atoms with Crippen LogP contribution in [0.2, 0.25) is 0 Å². The smallest absolute Gasteiger partial charge is 0.339 e. The molecule has 9 nitrogen and oxygen atoms in total. The number of nitro benzene ring substituents is 1. The number of nitrogens with one attached hydrogen (secondary N) is 1. The van der Waals surface area contributed by atoms with Crippen LogP contribution in [0.25, 0.3) is 0 Å². The lowest BCUT2D eigenvalue weighted by Crippen LogP contribution is -2.21. The highest BCUT2D eigenvalue weighted by molar-refractivity contribution is 9.10. The Hall–Kier alpha value is -3.14. The fourth-order valence-corrected chi connectivity index (χ4v) is 2.92. The van der Waals surface area contributed by atoms with Crippen molar-refractivity contribution in [3.8, 4) is 11.5 Å². The number of nitrogens with zero attached hydrogens (tertiary/aromatic N) is 1. The Morgan fingerprint density at radius 1 is 1.18 bits per heavy atom. The molecule has 0 radical (unpaired) electrons. The molecule has 0 aliphatic carbocycles. The molecule has 3 rings (SSSR count). The Labute approximate surface area is 167 Å². The molecule has 0 unspecified atom stereocenters. The molecule has 2 aromatic carbocycles. The van der Waals surface area contributed by atoms with Crippen molar-refractivity contribution in [3.63, 3.8) is 0 Å². The predicted molar refractivity (Wildman–Crippen MR) is 102 cm³/mol. The van der Waals surface area contributed by atoms with Crippen molar-refractivity contribution in [1.29, 1.82) is 0 Å². The lowest BCUT2D eigenvalue weighted by Gasteiger charge is -2.11. The van der Waals surface area contributed by atoms with Gasteiger partial charge in [0.1, 0.15) is 5.69 Å². The number of rotatable bonds is 5. The van der Waals surface area contributed by atoms with Gasteiger partial charge in [0.15, 0.2) is 18.1 Å². The quantitative estimate of drug-likeness (QED) is 0.421. The summed E-state index contributed by atoms with van der Waals surface area (Å²) in [5, 5.41) is 13.7. The van der Waals surface area contributed by atoms with Crippen LogP contribution < -0.4 is 14.8 Å². The van der Waals surface area contributed by atoms with Crippen molar-refractivity contribution >= 4 is 39.2 Å². The summed E-state index contributed by atoms with van der Waals surface area (Å²) in [5.41, 5.74) is -0.164. The van der Waals surface area contributed by atoms with Gasteiger partial charge in [-0.3, -0.25) is 14.9 Å². The van der Waals surface area contributed by atoms with E-state index in [-0.39, 0.29) is 22.7 Å². The van der Waals surface area contributed by atoms with Gasteiger partial charge in [0.2, 0.25) is 0 Å². The zero-order chi connectivity index (χ0) is 20.1. The first-order chi connectivity index (χ1) is 13.5. The van der Waals surface area contributed by atoms with Crippen LogP contribution in [0.5, 0.6) is 11.5 Å². The highest BCUT2D eigenvalue weighted by atomic mass is 79.9. The van der Waals surface area contributed by atoms with Gasteiger partial charge in [-0.15, -0.1) is 0 Å². The zero-order valence-corrected chi connectivity index (χ0v) is 16.1. The minimum absolute atomic E-state index is 0.0730. The number of hydrogen-bond donors (Lipinski definition) is 1. The average molecular weight is 451 g/mol. The molecule has 0 spiro atoms. The molecule has 10 heteroatoms. The molecule has 0 atom stereocenters. The van der Waals surface area contributed by atoms with Crippen LogP contribution in [0.15, 0.2) is 40.9 Å². The van der Waals surface area contributed by atoms with Gasteiger partial charge in [0.25, 0.3) is 11.6 Å². The number of halogens is 1. The first-order valence-corrected chi connectivity index (χ1v) is 9.04. The van der Waals surface area contributed by atoms with E-state index in [0.29, 0.717) is 29.9 Å². The van der Waals surface area contributed by atoms with E-state index in [1.807, 2.05) is 0 Å².